The van der Waals surface area contributed by atoms with Gasteiger partial charge in [-0.05, 0) is 37.7 Å². The average Bonchev–Trinajstić information content (AvgIpc) is 3.09. The topological polar surface area (TPSA) is 78.0 Å². The van der Waals surface area contributed by atoms with E-state index in [4.69, 9.17) is 0 Å². The molecule has 2 aliphatic rings. The molecule has 2 aliphatic heterocycles. The van der Waals surface area contributed by atoms with Crippen molar-refractivity contribution in [2.75, 3.05) is 18.0 Å². The molecule has 1 N–H and O–H groups in total. The number of aryl methyl sites for hydroxylation is 1. The molecule has 28 heavy (non-hydrogen) atoms. The third-order valence-corrected chi connectivity index (χ3v) is 6.28. The van der Waals surface area contributed by atoms with Crippen molar-refractivity contribution in [3.63, 3.8) is 0 Å². The number of benzene rings is 1. The number of nitriles is 1. The number of hydrogen-bond acceptors (Lipinski definition) is 5. The van der Waals surface area contributed by atoms with E-state index in [1.165, 1.54) is 0 Å². The lowest BCUT2D eigenvalue weighted by molar-refractivity contribution is 0.0117. The van der Waals surface area contributed by atoms with Gasteiger partial charge in [-0.25, -0.2) is 9.97 Å². The van der Waals surface area contributed by atoms with Gasteiger partial charge >= 0.3 is 0 Å². The summed E-state index contributed by atoms with van der Waals surface area (Å²) >= 11 is 0. The van der Waals surface area contributed by atoms with Crippen LogP contribution in [-0.4, -0.2) is 32.7 Å². The molecule has 0 atom stereocenters. The van der Waals surface area contributed by atoms with Gasteiger partial charge in [0.1, 0.15) is 23.4 Å². The van der Waals surface area contributed by atoms with Gasteiger partial charge in [-0.3, -0.25) is 0 Å². The molecule has 5 rings (SSSR count). The van der Waals surface area contributed by atoms with Crippen molar-refractivity contribution >= 4 is 16.9 Å². The van der Waals surface area contributed by atoms with Gasteiger partial charge in [0.2, 0.25) is 0 Å². The highest BCUT2D eigenvalue weighted by Gasteiger charge is 2.35. The molecule has 6 heteroatoms. The van der Waals surface area contributed by atoms with Crippen LogP contribution in [0.15, 0.2) is 36.7 Å². The quantitative estimate of drug-likeness (QED) is 0.747. The molecular weight excluding hydrogens is 350 g/mol. The Bertz CT molecular complexity index is 1060. The molecule has 0 saturated carbocycles. The Hall–Kier alpha value is -2.91. The standard InChI is InChI=1S/C22H23N5O/c23-14-17-18-8-4-5-11-27(18)20-19(17)24-15-25-21(20)26-12-9-22(28,10-13-26)16-6-2-1-3-7-16/h1-3,6-7,15,28H,4-5,8-13H2. The zero-order valence-electron chi connectivity index (χ0n) is 15.8. The molecule has 0 unspecified atom stereocenters. The molecule has 1 fully saturated rings. The number of hydrogen-bond donors (Lipinski definition) is 1. The van der Waals surface area contributed by atoms with Crippen LogP contribution in [0.1, 0.15) is 42.5 Å². The van der Waals surface area contributed by atoms with Gasteiger partial charge in [0.25, 0.3) is 0 Å². The van der Waals surface area contributed by atoms with Crippen molar-refractivity contribution in [1.82, 2.24) is 14.5 Å². The molecule has 4 heterocycles. The van der Waals surface area contributed by atoms with E-state index in [2.05, 4.69) is 25.5 Å². The molecule has 0 bridgehead atoms. The minimum absolute atomic E-state index is 0.654. The van der Waals surface area contributed by atoms with Crippen molar-refractivity contribution in [2.24, 2.45) is 0 Å². The van der Waals surface area contributed by atoms with Crippen LogP contribution in [0.2, 0.25) is 0 Å². The number of piperidine rings is 1. The summed E-state index contributed by atoms with van der Waals surface area (Å²) in [6.45, 7) is 2.36. The Morgan fingerprint density at radius 2 is 1.82 bits per heavy atom. The largest absolute Gasteiger partial charge is 0.385 e. The van der Waals surface area contributed by atoms with E-state index >= 15 is 0 Å². The zero-order valence-corrected chi connectivity index (χ0v) is 15.8. The van der Waals surface area contributed by atoms with Crippen LogP contribution in [0.3, 0.4) is 0 Å². The van der Waals surface area contributed by atoms with Crippen molar-refractivity contribution in [3.05, 3.63) is 53.5 Å². The molecular formula is C22H23N5O. The van der Waals surface area contributed by atoms with Crippen molar-refractivity contribution in [1.29, 1.82) is 5.26 Å². The van der Waals surface area contributed by atoms with E-state index < -0.39 is 5.60 Å². The van der Waals surface area contributed by atoms with Crippen LogP contribution in [0.5, 0.6) is 0 Å². The number of aliphatic hydroxyl groups is 1. The van der Waals surface area contributed by atoms with Crippen LogP contribution < -0.4 is 4.90 Å². The third-order valence-electron chi connectivity index (χ3n) is 6.28. The Balaban J connectivity index is 1.52. The summed E-state index contributed by atoms with van der Waals surface area (Å²) < 4.78 is 2.25. The maximum absolute atomic E-state index is 11.1. The second-order valence-electron chi connectivity index (χ2n) is 7.82. The van der Waals surface area contributed by atoms with Crippen molar-refractivity contribution in [2.45, 2.75) is 44.2 Å². The fourth-order valence-electron chi connectivity index (χ4n) is 4.75. The Morgan fingerprint density at radius 1 is 1.04 bits per heavy atom. The number of anilines is 1. The van der Waals surface area contributed by atoms with E-state index in [0.717, 1.165) is 67.0 Å². The van der Waals surface area contributed by atoms with Crippen LogP contribution in [0.25, 0.3) is 11.0 Å². The molecule has 0 amide bonds. The van der Waals surface area contributed by atoms with E-state index in [0.29, 0.717) is 18.4 Å². The van der Waals surface area contributed by atoms with Crippen LogP contribution >= 0.6 is 0 Å². The minimum Gasteiger partial charge on any atom is -0.385 e. The Morgan fingerprint density at radius 3 is 2.57 bits per heavy atom. The molecule has 1 aromatic carbocycles. The summed E-state index contributed by atoms with van der Waals surface area (Å²) in [5.74, 6) is 0.893. The van der Waals surface area contributed by atoms with Gasteiger partial charge in [0.05, 0.1) is 11.2 Å². The highest BCUT2D eigenvalue weighted by Crippen LogP contribution is 2.38. The average molecular weight is 373 g/mol. The second-order valence-corrected chi connectivity index (χ2v) is 7.82. The van der Waals surface area contributed by atoms with Gasteiger partial charge in [-0.1, -0.05) is 30.3 Å². The minimum atomic E-state index is -0.791. The van der Waals surface area contributed by atoms with Gasteiger partial charge in [0, 0.05) is 25.3 Å². The SMILES string of the molecule is N#Cc1c2n(c3c(N4CCC(O)(c5ccccc5)CC4)ncnc13)CCCC2. The van der Waals surface area contributed by atoms with Crippen LogP contribution in [0.4, 0.5) is 5.82 Å². The number of rotatable bonds is 2. The van der Waals surface area contributed by atoms with Gasteiger partial charge < -0.3 is 14.6 Å². The molecule has 2 aromatic heterocycles. The lowest BCUT2D eigenvalue weighted by Gasteiger charge is -2.39. The maximum atomic E-state index is 11.1. The fourth-order valence-corrected chi connectivity index (χ4v) is 4.75. The highest BCUT2D eigenvalue weighted by molar-refractivity contribution is 5.92. The highest BCUT2D eigenvalue weighted by atomic mass is 16.3. The Kier molecular flexibility index (Phi) is 4.06. The zero-order chi connectivity index (χ0) is 19.1. The maximum Gasteiger partial charge on any atom is 0.156 e. The first-order chi connectivity index (χ1) is 13.7. The molecule has 0 spiro atoms. The van der Waals surface area contributed by atoms with Gasteiger partial charge in [-0.2, -0.15) is 5.26 Å². The van der Waals surface area contributed by atoms with Crippen LogP contribution in [-0.2, 0) is 18.6 Å². The normalized spacial score (nSPS) is 18.6. The molecule has 142 valence electrons. The smallest absolute Gasteiger partial charge is 0.156 e. The third kappa shape index (κ3) is 2.58. The lowest BCUT2D eigenvalue weighted by atomic mass is 9.84. The van der Waals surface area contributed by atoms with Gasteiger partial charge in [0.15, 0.2) is 5.82 Å². The predicted octanol–water partition coefficient (Wildman–Crippen LogP) is 3.13. The second kappa shape index (κ2) is 6.61. The summed E-state index contributed by atoms with van der Waals surface area (Å²) in [4.78, 5) is 11.3. The molecule has 0 aliphatic carbocycles. The van der Waals surface area contributed by atoms with E-state index in [9.17, 15) is 10.4 Å². The summed E-state index contributed by atoms with van der Waals surface area (Å²) in [6.07, 6.45) is 6.03. The molecule has 0 radical (unpaired) electrons. The number of fused-ring (bicyclic) bond motifs is 3. The molecule has 3 aromatic rings. The monoisotopic (exact) mass is 373 g/mol. The van der Waals surface area contributed by atoms with E-state index in [-0.39, 0.29) is 0 Å². The fraction of sp³-hybridized carbons (Fsp3) is 0.409. The summed E-state index contributed by atoms with van der Waals surface area (Å²) in [5, 5.41) is 20.9. The first-order valence-electron chi connectivity index (χ1n) is 10.0. The summed E-state index contributed by atoms with van der Waals surface area (Å²) in [7, 11) is 0. The summed E-state index contributed by atoms with van der Waals surface area (Å²) in [6, 6.07) is 12.3. The number of nitrogens with zero attached hydrogens (tertiary/aromatic N) is 5. The lowest BCUT2D eigenvalue weighted by Crippen LogP contribution is -2.43. The first-order valence-corrected chi connectivity index (χ1v) is 10.0. The van der Waals surface area contributed by atoms with Gasteiger partial charge in [-0.15, -0.1) is 0 Å². The molecule has 6 nitrogen and oxygen atoms in total. The predicted molar refractivity (Wildman–Crippen MR) is 107 cm³/mol. The van der Waals surface area contributed by atoms with Crippen molar-refractivity contribution < 1.29 is 5.11 Å². The van der Waals surface area contributed by atoms with Crippen molar-refractivity contribution in [3.8, 4) is 6.07 Å². The van der Waals surface area contributed by atoms with E-state index in [1.807, 2.05) is 30.3 Å². The Labute approximate surface area is 164 Å². The molecule has 1 saturated heterocycles. The summed E-state index contributed by atoms with van der Waals surface area (Å²) in [5.41, 5.74) is 3.75. The number of aromatic nitrogens is 3. The first kappa shape index (κ1) is 17.2. The van der Waals surface area contributed by atoms with Crippen LogP contribution in [0, 0.1) is 11.3 Å². The van der Waals surface area contributed by atoms with E-state index in [1.54, 1.807) is 6.33 Å².